The van der Waals surface area contributed by atoms with Gasteiger partial charge in [-0.15, -0.1) is 0 Å². The van der Waals surface area contributed by atoms with Crippen molar-refractivity contribution in [3.8, 4) is 5.75 Å². The third-order valence-corrected chi connectivity index (χ3v) is 3.76. The molecule has 0 spiro atoms. The maximum absolute atomic E-state index is 10.5. The average Bonchev–Trinajstić information content (AvgIpc) is 2.86. The van der Waals surface area contributed by atoms with Gasteiger partial charge in [0.1, 0.15) is 11.9 Å². The molecule has 0 amide bonds. The molecule has 2 heterocycles. The Kier molecular flexibility index (Phi) is 3.06. The zero-order valence-corrected chi connectivity index (χ0v) is 11.2. The highest BCUT2D eigenvalue weighted by Crippen LogP contribution is 2.37. The van der Waals surface area contributed by atoms with Gasteiger partial charge in [0.15, 0.2) is 0 Å². The van der Waals surface area contributed by atoms with Crippen molar-refractivity contribution in [3.63, 3.8) is 0 Å². The molecule has 1 aliphatic rings. The predicted molar refractivity (Wildman–Crippen MR) is 71.6 cm³/mol. The molecule has 3 nitrogen and oxygen atoms in total. The summed E-state index contributed by atoms with van der Waals surface area (Å²) in [5, 5.41) is 10.5. The Bertz CT molecular complexity index is 586. The number of fused-ring (bicyclic) bond motifs is 1. The molecule has 18 heavy (non-hydrogen) atoms. The molecule has 0 radical (unpaired) electrons. The number of nitrogens with zero attached hydrogens (tertiary/aromatic N) is 1. The number of rotatable bonds is 2. The predicted octanol–water partition coefficient (Wildman–Crippen LogP) is 2.86. The molecular weight excluding hydrogens is 294 g/mol. The topological polar surface area (TPSA) is 42.4 Å². The number of para-hydroxylation sites is 1. The van der Waals surface area contributed by atoms with Gasteiger partial charge in [0.2, 0.25) is 0 Å². The van der Waals surface area contributed by atoms with Crippen LogP contribution in [0, 0.1) is 0 Å². The molecule has 0 fully saturated rings. The summed E-state index contributed by atoms with van der Waals surface area (Å²) < 4.78 is 6.41. The van der Waals surface area contributed by atoms with Crippen LogP contribution in [0.5, 0.6) is 5.75 Å². The number of hydrogen-bond acceptors (Lipinski definition) is 3. The van der Waals surface area contributed by atoms with E-state index in [1.165, 1.54) is 0 Å². The number of aromatic nitrogens is 1. The molecule has 1 atom stereocenters. The number of benzene rings is 1. The minimum Gasteiger partial charge on any atom is -0.493 e. The summed E-state index contributed by atoms with van der Waals surface area (Å²) in [6.45, 7) is 0.683. The fourth-order valence-electron chi connectivity index (χ4n) is 2.20. The molecule has 0 aliphatic carbocycles. The maximum Gasteiger partial charge on any atom is 0.128 e. The van der Waals surface area contributed by atoms with Gasteiger partial charge in [-0.1, -0.05) is 18.2 Å². The average molecular weight is 306 g/mol. The molecule has 0 bridgehead atoms. The third kappa shape index (κ3) is 1.91. The number of hydrogen-bond donors (Lipinski definition) is 1. The van der Waals surface area contributed by atoms with Crippen molar-refractivity contribution in [2.45, 2.75) is 12.5 Å². The van der Waals surface area contributed by atoms with Crippen LogP contribution in [0.4, 0.5) is 0 Å². The van der Waals surface area contributed by atoms with E-state index in [9.17, 15) is 5.11 Å². The van der Waals surface area contributed by atoms with Gasteiger partial charge in [-0.2, -0.15) is 0 Å². The van der Waals surface area contributed by atoms with Gasteiger partial charge < -0.3 is 9.84 Å². The lowest BCUT2D eigenvalue weighted by Crippen LogP contribution is -2.05. The van der Waals surface area contributed by atoms with E-state index in [2.05, 4.69) is 20.9 Å². The van der Waals surface area contributed by atoms with Crippen molar-refractivity contribution in [2.24, 2.45) is 0 Å². The number of aliphatic hydroxyl groups excluding tert-OH is 1. The molecule has 1 aliphatic heterocycles. The first-order chi connectivity index (χ1) is 8.77. The lowest BCUT2D eigenvalue weighted by atomic mass is 10.0. The van der Waals surface area contributed by atoms with Gasteiger partial charge in [-0.05, 0) is 33.6 Å². The standard InChI is InChI=1S/C14H12BrNO2/c15-11-5-2-7-16-12(11)13(17)10-4-1-3-9-6-8-18-14(9)10/h1-5,7,13,17H,6,8H2. The molecule has 1 aromatic heterocycles. The fraction of sp³-hybridized carbons (Fsp3) is 0.214. The highest BCUT2D eigenvalue weighted by molar-refractivity contribution is 9.10. The molecule has 0 saturated carbocycles. The molecular formula is C14H12BrNO2. The molecule has 3 rings (SSSR count). The maximum atomic E-state index is 10.5. The van der Waals surface area contributed by atoms with Crippen molar-refractivity contribution >= 4 is 15.9 Å². The molecule has 4 heteroatoms. The molecule has 92 valence electrons. The minimum atomic E-state index is -0.770. The van der Waals surface area contributed by atoms with Crippen LogP contribution in [0.15, 0.2) is 41.0 Å². The van der Waals surface area contributed by atoms with Gasteiger partial charge in [-0.25, -0.2) is 0 Å². The lowest BCUT2D eigenvalue weighted by molar-refractivity contribution is 0.208. The minimum absolute atomic E-state index is 0.612. The van der Waals surface area contributed by atoms with Gasteiger partial charge in [0.25, 0.3) is 0 Å². The number of ether oxygens (including phenoxy) is 1. The first-order valence-electron chi connectivity index (χ1n) is 5.80. The van der Waals surface area contributed by atoms with Crippen molar-refractivity contribution in [1.29, 1.82) is 0 Å². The van der Waals surface area contributed by atoms with Crippen LogP contribution >= 0.6 is 15.9 Å². The van der Waals surface area contributed by atoms with E-state index in [-0.39, 0.29) is 0 Å². The summed E-state index contributed by atoms with van der Waals surface area (Å²) in [6.07, 6.45) is 1.81. The first kappa shape index (κ1) is 11.7. The fourth-order valence-corrected chi connectivity index (χ4v) is 2.67. The van der Waals surface area contributed by atoms with Gasteiger partial charge in [-0.3, -0.25) is 4.98 Å². The van der Waals surface area contributed by atoms with Crippen LogP contribution in [-0.4, -0.2) is 16.7 Å². The summed E-state index contributed by atoms with van der Waals surface area (Å²) in [7, 11) is 0. The summed E-state index contributed by atoms with van der Waals surface area (Å²) in [4.78, 5) is 4.23. The van der Waals surface area contributed by atoms with Crippen molar-refractivity contribution < 1.29 is 9.84 Å². The third-order valence-electron chi connectivity index (χ3n) is 3.09. The summed E-state index contributed by atoms with van der Waals surface area (Å²) >= 11 is 3.41. The molecule has 1 unspecified atom stereocenters. The summed E-state index contributed by atoms with van der Waals surface area (Å²) in [5.41, 5.74) is 2.55. The van der Waals surface area contributed by atoms with E-state index in [0.717, 1.165) is 27.8 Å². The van der Waals surface area contributed by atoms with E-state index < -0.39 is 6.10 Å². The van der Waals surface area contributed by atoms with Gasteiger partial charge >= 0.3 is 0 Å². The Morgan fingerprint density at radius 2 is 2.17 bits per heavy atom. The van der Waals surface area contributed by atoms with E-state index in [4.69, 9.17) is 4.74 Å². The summed E-state index contributed by atoms with van der Waals surface area (Å²) in [5.74, 6) is 0.808. The van der Waals surface area contributed by atoms with E-state index in [1.54, 1.807) is 6.20 Å². The lowest BCUT2D eigenvalue weighted by Gasteiger charge is -2.15. The van der Waals surface area contributed by atoms with Crippen LogP contribution in [0.25, 0.3) is 0 Å². The van der Waals surface area contributed by atoms with Crippen molar-refractivity contribution in [1.82, 2.24) is 4.98 Å². The van der Waals surface area contributed by atoms with Gasteiger partial charge in [0, 0.05) is 22.7 Å². The van der Waals surface area contributed by atoms with Crippen molar-refractivity contribution in [3.05, 3.63) is 57.8 Å². The second-order valence-corrected chi connectivity index (χ2v) is 5.06. The van der Waals surface area contributed by atoms with Crippen LogP contribution in [0.3, 0.4) is 0 Å². The second-order valence-electron chi connectivity index (χ2n) is 4.21. The van der Waals surface area contributed by atoms with Crippen LogP contribution in [0.1, 0.15) is 22.9 Å². The van der Waals surface area contributed by atoms with E-state index in [0.29, 0.717) is 12.3 Å². The number of aliphatic hydroxyl groups is 1. The van der Waals surface area contributed by atoms with E-state index in [1.807, 2.05) is 30.3 Å². The second kappa shape index (κ2) is 4.71. The first-order valence-corrected chi connectivity index (χ1v) is 6.60. The Morgan fingerprint density at radius 3 is 3.00 bits per heavy atom. The quantitative estimate of drug-likeness (QED) is 0.927. The smallest absolute Gasteiger partial charge is 0.128 e. The molecule has 1 N–H and O–H groups in total. The normalized spacial score (nSPS) is 15.0. The molecule has 0 saturated heterocycles. The van der Waals surface area contributed by atoms with Crippen LogP contribution in [0.2, 0.25) is 0 Å². The Morgan fingerprint density at radius 1 is 1.28 bits per heavy atom. The Balaban J connectivity index is 2.06. The van der Waals surface area contributed by atoms with Gasteiger partial charge in [0.05, 0.1) is 12.3 Å². The largest absolute Gasteiger partial charge is 0.493 e. The monoisotopic (exact) mass is 305 g/mol. The van der Waals surface area contributed by atoms with Crippen molar-refractivity contribution in [2.75, 3.05) is 6.61 Å². The zero-order chi connectivity index (χ0) is 12.5. The number of halogens is 1. The summed E-state index contributed by atoms with van der Waals surface area (Å²) in [6, 6.07) is 9.56. The molecule has 2 aromatic rings. The Labute approximate surface area is 114 Å². The Hall–Kier alpha value is -1.39. The highest BCUT2D eigenvalue weighted by Gasteiger charge is 2.23. The van der Waals surface area contributed by atoms with Crippen LogP contribution in [-0.2, 0) is 6.42 Å². The molecule has 1 aromatic carbocycles. The van der Waals surface area contributed by atoms with E-state index >= 15 is 0 Å². The zero-order valence-electron chi connectivity index (χ0n) is 9.64. The number of pyridine rings is 1. The highest BCUT2D eigenvalue weighted by atomic mass is 79.9. The SMILES string of the molecule is OC(c1cccc2c1OCC2)c1ncccc1Br. The van der Waals surface area contributed by atoms with Crippen LogP contribution < -0.4 is 4.74 Å².